The monoisotopic (exact) mass is 272 g/mol. The highest BCUT2D eigenvalue weighted by Gasteiger charge is 2.10. The molecule has 0 unspecified atom stereocenters. The minimum Gasteiger partial charge on any atom is -0.496 e. The molecule has 6 heteroatoms. The van der Waals surface area contributed by atoms with E-state index in [-0.39, 0.29) is 6.04 Å². The summed E-state index contributed by atoms with van der Waals surface area (Å²) >= 11 is 0. The molecule has 1 aromatic rings. The maximum absolute atomic E-state index is 11.5. The molecule has 1 rings (SSSR count). The lowest BCUT2D eigenvalue weighted by atomic mass is 10.1. The molecule has 0 saturated carbocycles. The van der Waals surface area contributed by atoms with Crippen LogP contribution in [0.5, 0.6) is 5.75 Å². The van der Waals surface area contributed by atoms with Gasteiger partial charge in [-0.25, -0.2) is 4.72 Å². The Morgan fingerprint density at radius 3 is 2.56 bits per heavy atom. The van der Waals surface area contributed by atoms with Crippen molar-refractivity contribution in [3.8, 4) is 5.75 Å². The quantitative estimate of drug-likeness (QED) is 0.780. The minimum atomic E-state index is -3.41. The topological polar surface area (TPSA) is 67.4 Å². The molecule has 0 aliphatic rings. The van der Waals surface area contributed by atoms with Crippen LogP contribution in [0.3, 0.4) is 0 Å². The van der Waals surface area contributed by atoms with Crippen molar-refractivity contribution in [1.29, 1.82) is 0 Å². The van der Waals surface area contributed by atoms with E-state index >= 15 is 0 Å². The van der Waals surface area contributed by atoms with Crippen LogP contribution in [0.15, 0.2) is 24.3 Å². The van der Waals surface area contributed by atoms with E-state index < -0.39 is 10.2 Å². The van der Waals surface area contributed by atoms with Crippen LogP contribution in [0.1, 0.15) is 19.4 Å². The Kier molecular flexibility index (Phi) is 5.58. The first-order valence-electron chi connectivity index (χ1n) is 5.83. The van der Waals surface area contributed by atoms with Gasteiger partial charge in [0.05, 0.1) is 7.11 Å². The number of nitrogens with one attached hydrogen (secondary N) is 2. The fourth-order valence-corrected chi connectivity index (χ4v) is 2.66. The van der Waals surface area contributed by atoms with Crippen molar-refractivity contribution in [2.75, 3.05) is 13.7 Å². The zero-order valence-corrected chi connectivity index (χ0v) is 11.8. The van der Waals surface area contributed by atoms with E-state index in [1.807, 2.05) is 24.3 Å². The van der Waals surface area contributed by atoms with Gasteiger partial charge in [-0.05, 0) is 31.9 Å². The molecule has 2 N–H and O–H groups in total. The first-order chi connectivity index (χ1) is 8.44. The van der Waals surface area contributed by atoms with Gasteiger partial charge in [-0.15, -0.1) is 0 Å². The van der Waals surface area contributed by atoms with Gasteiger partial charge in [0, 0.05) is 12.6 Å². The van der Waals surface area contributed by atoms with Gasteiger partial charge >= 0.3 is 0 Å². The third-order valence-corrected chi connectivity index (χ3v) is 3.64. The number of hydrogen-bond acceptors (Lipinski definition) is 3. The Labute approximate surface area is 109 Å². The van der Waals surface area contributed by atoms with Crippen molar-refractivity contribution >= 4 is 10.2 Å². The SMILES string of the molecule is COc1ccccc1CCNS(=O)(=O)NC(C)C. The number of rotatable bonds is 7. The maximum Gasteiger partial charge on any atom is 0.277 e. The molecule has 0 amide bonds. The van der Waals surface area contributed by atoms with Gasteiger partial charge in [0.25, 0.3) is 10.2 Å². The van der Waals surface area contributed by atoms with E-state index in [2.05, 4.69) is 9.44 Å². The number of benzene rings is 1. The zero-order chi connectivity index (χ0) is 13.6. The fraction of sp³-hybridized carbons (Fsp3) is 0.500. The van der Waals surface area contributed by atoms with E-state index in [0.29, 0.717) is 13.0 Å². The summed E-state index contributed by atoms with van der Waals surface area (Å²) in [6.45, 7) is 3.89. The van der Waals surface area contributed by atoms with E-state index in [4.69, 9.17) is 4.74 Å². The number of methoxy groups -OCH3 is 1. The van der Waals surface area contributed by atoms with Crippen molar-refractivity contribution in [3.05, 3.63) is 29.8 Å². The van der Waals surface area contributed by atoms with Gasteiger partial charge in [-0.1, -0.05) is 18.2 Å². The van der Waals surface area contributed by atoms with Crippen molar-refractivity contribution in [1.82, 2.24) is 9.44 Å². The van der Waals surface area contributed by atoms with E-state index in [1.165, 1.54) is 0 Å². The molecule has 5 nitrogen and oxygen atoms in total. The minimum absolute atomic E-state index is 0.117. The molecule has 102 valence electrons. The van der Waals surface area contributed by atoms with Gasteiger partial charge in [-0.3, -0.25) is 0 Å². The molecule has 0 aliphatic carbocycles. The van der Waals surface area contributed by atoms with Crippen LogP contribution in [0.4, 0.5) is 0 Å². The standard InChI is InChI=1S/C12H20N2O3S/c1-10(2)14-18(15,16)13-9-8-11-6-4-5-7-12(11)17-3/h4-7,10,13-14H,8-9H2,1-3H3. The summed E-state index contributed by atoms with van der Waals surface area (Å²) in [7, 11) is -1.81. The van der Waals surface area contributed by atoms with Crippen molar-refractivity contribution < 1.29 is 13.2 Å². The average Bonchev–Trinajstić information content (AvgIpc) is 2.27. The molecular formula is C12H20N2O3S. The molecular weight excluding hydrogens is 252 g/mol. The van der Waals surface area contributed by atoms with Gasteiger partial charge in [0.2, 0.25) is 0 Å². The predicted octanol–water partition coefficient (Wildman–Crippen LogP) is 1.07. The Bertz CT molecular complexity index is 472. The second kappa shape index (κ2) is 6.72. The third kappa shape index (κ3) is 5.03. The maximum atomic E-state index is 11.5. The lowest BCUT2D eigenvalue weighted by Crippen LogP contribution is -2.41. The normalized spacial score (nSPS) is 11.8. The first kappa shape index (κ1) is 14.9. The summed E-state index contributed by atoms with van der Waals surface area (Å²) in [6.07, 6.45) is 0.586. The molecule has 18 heavy (non-hydrogen) atoms. The van der Waals surface area contributed by atoms with Crippen LogP contribution in [-0.4, -0.2) is 28.1 Å². The summed E-state index contributed by atoms with van der Waals surface area (Å²) in [5.41, 5.74) is 0.979. The molecule has 0 bridgehead atoms. The molecule has 1 aromatic carbocycles. The molecule has 0 saturated heterocycles. The van der Waals surface area contributed by atoms with Crippen LogP contribution in [0.2, 0.25) is 0 Å². The molecule has 0 atom stereocenters. The lowest BCUT2D eigenvalue weighted by molar-refractivity contribution is 0.409. The smallest absolute Gasteiger partial charge is 0.277 e. The van der Waals surface area contributed by atoms with E-state index in [0.717, 1.165) is 11.3 Å². The largest absolute Gasteiger partial charge is 0.496 e. The second-order valence-corrected chi connectivity index (χ2v) is 5.76. The van der Waals surface area contributed by atoms with Gasteiger partial charge in [-0.2, -0.15) is 13.1 Å². The van der Waals surface area contributed by atoms with Crippen molar-refractivity contribution in [2.45, 2.75) is 26.3 Å². The predicted molar refractivity (Wildman–Crippen MR) is 71.9 cm³/mol. The highest BCUT2D eigenvalue weighted by atomic mass is 32.2. The van der Waals surface area contributed by atoms with Crippen LogP contribution in [0, 0.1) is 0 Å². The second-order valence-electron chi connectivity index (χ2n) is 4.23. The third-order valence-electron chi connectivity index (χ3n) is 2.27. The molecule has 0 spiro atoms. The molecule has 0 aromatic heterocycles. The summed E-state index contributed by atoms with van der Waals surface area (Å²) in [5, 5.41) is 0. The number of hydrogen-bond donors (Lipinski definition) is 2. The van der Waals surface area contributed by atoms with Gasteiger partial charge in [0.15, 0.2) is 0 Å². The summed E-state index contributed by atoms with van der Waals surface area (Å²) in [4.78, 5) is 0. The van der Waals surface area contributed by atoms with Gasteiger partial charge in [0.1, 0.15) is 5.75 Å². The Hall–Kier alpha value is -1.11. The number of para-hydroxylation sites is 1. The van der Waals surface area contributed by atoms with E-state index in [1.54, 1.807) is 21.0 Å². The molecule has 0 fully saturated rings. The Balaban J connectivity index is 2.51. The van der Waals surface area contributed by atoms with E-state index in [9.17, 15) is 8.42 Å². The van der Waals surface area contributed by atoms with Crippen LogP contribution in [-0.2, 0) is 16.6 Å². The fourth-order valence-electron chi connectivity index (χ4n) is 1.58. The zero-order valence-electron chi connectivity index (χ0n) is 10.9. The van der Waals surface area contributed by atoms with Crippen molar-refractivity contribution in [2.24, 2.45) is 0 Å². The van der Waals surface area contributed by atoms with Crippen LogP contribution < -0.4 is 14.2 Å². The number of ether oxygens (including phenoxy) is 1. The van der Waals surface area contributed by atoms with Crippen LogP contribution in [0.25, 0.3) is 0 Å². The van der Waals surface area contributed by atoms with Gasteiger partial charge < -0.3 is 4.74 Å². The highest BCUT2D eigenvalue weighted by molar-refractivity contribution is 7.87. The molecule has 0 aliphatic heterocycles. The highest BCUT2D eigenvalue weighted by Crippen LogP contribution is 2.17. The van der Waals surface area contributed by atoms with Crippen molar-refractivity contribution in [3.63, 3.8) is 0 Å². The summed E-state index contributed by atoms with van der Waals surface area (Å²) in [6, 6.07) is 7.44. The lowest BCUT2D eigenvalue weighted by Gasteiger charge is -2.11. The van der Waals surface area contributed by atoms with Crippen LogP contribution >= 0.6 is 0 Å². The Morgan fingerprint density at radius 1 is 1.28 bits per heavy atom. The average molecular weight is 272 g/mol. The summed E-state index contributed by atoms with van der Waals surface area (Å²) in [5.74, 6) is 0.772. The first-order valence-corrected chi connectivity index (χ1v) is 7.31. The Morgan fingerprint density at radius 2 is 1.94 bits per heavy atom. The molecule has 0 heterocycles. The summed E-state index contributed by atoms with van der Waals surface area (Å²) < 4.78 is 33.2. The molecule has 0 radical (unpaired) electrons.